The van der Waals surface area contributed by atoms with Gasteiger partial charge in [-0.15, -0.1) is 6.58 Å². The van der Waals surface area contributed by atoms with Crippen molar-refractivity contribution in [3.05, 3.63) is 12.7 Å². The van der Waals surface area contributed by atoms with E-state index in [0.717, 1.165) is 0 Å². The molecule has 0 bridgehead atoms. The molecule has 0 aromatic rings. The number of carbonyl (C=O) groups is 2. The van der Waals surface area contributed by atoms with Gasteiger partial charge in [0, 0.05) is 6.54 Å². The normalized spacial score (nSPS) is 14.3. The first kappa shape index (κ1) is 17.5. The molecule has 1 amide bonds. The van der Waals surface area contributed by atoms with Crippen LogP contribution in [0.2, 0.25) is 0 Å². The summed E-state index contributed by atoms with van der Waals surface area (Å²) < 4.78 is 5.08. The first-order valence-electron chi connectivity index (χ1n) is 6.49. The summed E-state index contributed by atoms with van der Waals surface area (Å²) in [5.74, 6) is -1.37. The highest BCUT2D eigenvalue weighted by Gasteiger charge is 2.22. The number of carboxylic acid groups (broad SMARTS) is 1. The monoisotopic (exact) mass is 271 g/mol. The Balaban J connectivity index is 3.98. The summed E-state index contributed by atoms with van der Waals surface area (Å²) in [6.07, 6.45) is 2.25. The Kier molecular flexibility index (Phi) is 7.19. The number of hydrogen-bond donors (Lipinski definition) is 2. The van der Waals surface area contributed by atoms with Crippen molar-refractivity contribution in [1.82, 2.24) is 5.32 Å². The summed E-state index contributed by atoms with van der Waals surface area (Å²) in [5.41, 5.74) is -0.523. The zero-order valence-electron chi connectivity index (χ0n) is 12.2. The van der Waals surface area contributed by atoms with Gasteiger partial charge < -0.3 is 15.2 Å². The van der Waals surface area contributed by atoms with Gasteiger partial charge in [0.2, 0.25) is 0 Å². The van der Waals surface area contributed by atoms with Crippen molar-refractivity contribution in [3.63, 3.8) is 0 Å². The maximum atomic E-state index is 11.4. The van der Waals surface area contributed by atoms with Gasteiger partial charge in [-0.3, -0.25) is 4.79 Å². The molecule has 5 nitrogen and oxygen atoms in total. The van der Waals surface area contributed by atoms with E-state index in [-0.39, 0.29) is 5.92 Å². The van der Waals surface area contributed by atoms with Gasteiger partial charge in [-0.1, -0.05) is 13.0 Å². The molecule has 2 unspecified atom stereocenters. The summed E-state index contributed by atoms with van der Waals surface area (Å²) in [5, 5.41) is 11.7. The zero-order chi connectivity index (χ0) is 15.1. The first-order chi connectivity index (χ1) is 8.67. The van der Waals surface area contributed by atoms with Gasteiger partial charge >= 0.3 is 12.1 Å². The predicted octanol–water partition coefficient (Wildman–Crippen LogP) is 2.81. The Morgan fingerprint density at radius 3 is 2.42 bits per heavy atom. The van der Waals surface area contributed by atoms with Crippen LogP contribution in [-0.2, 0) is 9.53 Å². The highest BCUT2D eigenvalue weighted by molar-refractivity contribution is 5.70. The number of carbonyl (C=O) groups excluding carboxylic acids is 1. The van der Waals surface area contributed by atoms with Crippen LogP contribution < -0.4 is 5.32 Å². The van der Waals surface area contributed by atoms with Crippen LogP contribution in [0.25, 0.3) is 0 Å². The fourth-order valence-electron chi connectivity index (χ4n) is 1.60. The van der Waals surface area contributed by atoms with E-state index in [9.17, 15) is 9.59 Å². The van der Waals surface area contributed by atoms with Gasteiger partial charge in [0.1, 0.15) is 5.60 Å². The van der Waals surface area contributed by atoms with E-state index in [4.69, 9.17) is 9.84 Å². The Bertz CT molecular complexity index is 320. The number of hydrogen-bond acceptors (Lipinski definition) is 3. The molecule has 0 fully saturated rings. The lowest BCUT2D eigenvalue weighted by Crippen LogP contribution is -2.33. The van der Waals surface area contributed by atoms with Crippen LogP contribution in [0.4, 0.5) is 4.79 Å². The molecule has 0 rings (SSSR count). The standard InChI is InChI=1S/C14H25NO4/c1-6-10(2)11(12(16)17)8-7-9-15-13(18)19-14(3,4)5/h6,10-11H,1,7-9H2,2-5H3,(H,15,18)(H,16,17). The molecule has 0 radical (unpaired) electrons. The second kappa shape index (κ2) is 7.81. The Morgan fingerprint density at radius 1 is 1.42 bits per heavy atom. The molecule has 110 valence electrons. The molecule has 0 aliphatic carbocycles. The average Bonchev–Trinajstić information content (AvgIpc) is 2.25. The van der Waals surface area contributed by atoms with E-state index in [1.165, 1.54) is 0 Å². The number of allylic oxidation sites excluding steroid dienone is 1. The van der Waals surface area contributed by atoms with E-state index < -0.39 is 23.6 Å². The molecule has 0 aliphatic rings. The number of alkyl carbamates (subject to hydrolysis) is 1. The molecule has 0 saturated carbocycles. The van der Waals surface area contributed by atoms with Gasteiger partial charge in [-0.05, 0) is 39.5 Å². The van der Waals surface area contributed by atoms with Gasteiger partial charge in [0.15, 0.2) is 0 Å². The largest absolute Gasteiger partial charge is 0.481 e. The number of amides is 1. The number of ether oxygens (including phenoxy) is 1. The van der Waals surface area contributed by atoms with Crippen molar-refractivity contribution in [3.8, 4) is 0 Å². The zero-order valence-corrected chi connectivity index (χ0v) is 12.2. The topological polar surface area (TPSA) is 75.6 Å². The smallest absolute Gasteiger partial charge is 0.407 e. The fourth-order valence-corrected chi connectivity index (χ4v) is 1.60. The summed E-state index contributed by atoms with van der Waals surface area (Å²) in [6.45, 7) is 11.2. The third-order valence-electron chi connectivity index (χ3n) is 2.68. The molecule has 2 atom stereocenters. The molecule has 0 aromatic heterocycles. The average molecular weight is 271 g/mol. The third kappa shape index (κ3) is 8.24. The van der Waals surface area contributed by atoms with Crippen LogP contribution in [0.1, 0.15) is 40.5 Å². The molecule has 2 N–H and O–H groups in total. The highest BCUT2D eigenvalue weighted by atomic mass is 16.6. The minimum absolute atomic E-state index is 0.0842. The van der Waals surface area contributed by atoms with E-state index in [1.54, 1.807) is 26.8 Å². The SMILES string of the molecule is C=CC(C)C(CCCNC(=O)OC(C)(C)C)C(=O)O. The molecule has 19 heavy (non-hydrogen) atoms. The van der Waals surface area contributed by atoms with Crippen LogP contribution in [-0.4, -0.2) is 29.3 Å². The summed E-state index contributed by atoms with van der Waals surface area (Å²) in [7, 11) is 0. The van der Waals surface area contributed by atoms with Crippen molar-refractivity contribution in [2.24, 2.45) is 11.8 Å². The molecule has 0 aromatic carbocycles. The van der Waals surface area contributed by atoms with Crippen molar-refractivity contribution in [2.75, 3.05) is 6.54 Å². The molecular formula is C14H25NO4. The van der Waals surface area contributed by atoms with Gasteiger partial charge in [0.25, 0.3) is 0 Å². The van der Waals surface area contributed by atoms with Crippen LogP contribution in [0.3, 0.4) is 0 Å². The Labute approximate surface area is 115 Å². The lowest BCUT2D eigenvalue weighted by atomic mass is 9.90. The maximum absolute atomic E-state index is 11.4. The van der Waals surface area contributed by atoms with Gasteiger partial charge in [0.05, 0.1) is 5.92 Å². The molecule has 0 spiro atoms. The number of carboxylic acids is 1. The van der Waals surface area contributed by atoms with E-state index in [2.05, 4.69) is 11.9 Å². The lowest BCUT2D eigenvalue weighted by molar-refractivity contribution is -0.143. The number of aliphatic carboxylic acids is 1. The van der Waals surface area contributed by atoms with Crippen molar-refractivity contribution in [2.45, 2.75) is 46.1 Å². The molecule has 0 heterocycles. The van der Waals surface area contributed by atoms with Crippen LogP contribution in [0.5, 0.6) is 0 Å². The van der Waals surface area contributed by atoms with E-state index in [1.807, 2.05) is 6.92 Å². The quantitative estimate of drug-likeness (QED) is 0.551. The van der Waals surface area contributed by atoms with Crippen molar-refractivity contribution >= 4 is 12.1 Å². The van der Waals surface area contributed by atoms with E-state index >= 15 is 0 Å². The lowest BCUT2D eigenvalue weighted by Gasteiger charge is -2.20. The molecule has 5 heteroatoms. The Hall–Kier alpha value is -1.52. The van der Waals surface area contributed by atoms with Crippen LogP contribution in [0.15, 0.2) is 12.7 Å². The maximum Gasteiger partial charge on any atom is 0.407 e. The minimum Gasteiger partial charge on any atom is -0.481 e. The van der Waals surface area contributed by atoms with Crippen molar-refractivity contribution in [1.29, 1.82) is 0 Å². The fraction of sp³-hybridized carbons (Fsp3) is 0.714. The van der Waals surface area contributed by atoms with E-state index in [0.29, 0.717) is 19.4 Å². The number of nitrogens with one attached hydrogen (secondary N) is 1. The second-order valence-electron chi connectivity index (χ2n) is 5.61. The predicted molar refractivity (Wildman–Crippen MR) is 74.0 cm³/mol. The van der Waals surface area contributed by atoms with Crippen LogP contribution >= 0.6 is 0 Å². The van der Waals surface area contributed by atoms with Gasteiger partial charge in [-0.25, -0.2) is 4.79 Å². The minimum atomic E-state index is -0.829. The summed E-state index contributed by atoms with van der Waals surface area (Å²) in [6, 6.07) is 0. The molecule has 0 saturated heterocycles. The third-order valence-corrected chi connectivity index (χ3v) is 2.68. The molecule has 0 aliphatic heterocycles. The summed E-state index contributed by atoms with van der Waals surface area (Å²) >= 11 is 0. The second-order valence-corrected chi connectivity index (χ2v) is 5.61. The number of rotatable bonds is 7. The Morgan fingerprint density at radius 2 is 2.00 bits per heavy atom. The van der Waals surface area contributed by atoms with Crippen molar-refractivity contribution < 1.29 is 19.4 Å². The first-order valence-corrected chi connectivity index (χ1v) is 6.49. The highest BCUT2D eigenvalue weighted by Crippen LogP contribution is 2.18. The van der Waals surface area contributed by atoms with Crippen LogP contribution in [0, 0.1) is 11.8 Å². The molecular weight excluding hydrogens is 246 g/mol. The summed E-state index contributed by atoms with van der Waals surface area (Å²) in [4.78, 5) is 22.4. The van der Waals surface area contributed by atoms with Gasteiger partial charge in [-0.2, -0.15) is 0 Å².